The van der Waals surface area contributed by atoms with Crippen LogP contribution in [0.1, 0.15) is 63.9 Å². The first-order valence-corrected chi connectivity index (χ1v) is 11.5. The van der Waals surface area contributed by atoms with Gasteiger partial charge in [-0.05, 0) is 55.9 Å². The molecule has 0 radical (unpaired) electrons. The highest BCUT2D eigenvalue weighted by Crippen LogP contribution is 2.50. The lowest BCUT2D eigenvalue weighted by Gasteiger charge is -2.31. The van der Waals surface area contributed by atoms with Crippen LogP contribution in [-0.4, -0.2) is 41.6 Å². The molecule has 1 aliphatic carbocycles. The monoisotopic (exact) mass is 427 g/mol. The lowest BCUT2D eigenvalue weighted by molar-refractivity contribution is -0.138. The predicted octanol–water partition coefficient (Wildman–Crippen LogP) is 4.09. The molecule has 0 spiro atoms. The van der Waals surface area contributed by atoms with Gasteiger partial charge in [-0.1, -0.05) is 31.4 Å². The van der Waals surface area contributed by atoms with Crippen LogP contribution in [0.15, 0.2) is 33.3 Å². The molecule has 1 N–H and O–H groups in total. The third-order valence-corrected chi connectivity index (χ3v) is 7.14. The second-order valence-electron chi connectivity index (χ2n) is 8.97. The molecule has 1 aromatic rings. The number of carbonyl (C=O) groups excluding carboxylic acids is 2. The van der Waals surface area contributed by atoms with Gasteiger partial charge in [-0.15, -0.1) is 0 Å². The number of hydrogen-bond donors (Lipinski definition) is 1. The molecule has 0 unspecified atom stereocenters. The van der Waals surface area contributed by atoms with Crippen molar-refractivity contribution in [1.29, 1.82) is 0 Å². The van der Waals surface area contributed by atoms with E-state index < -0.39 is 0 Å². The van der Waals surface area contributed by atoms with Crippen molar-refractivity contribution < 1.29 is 23.8 Å². The maximum atomic E-state index is 12.8. The van der Waals surface area contributed by atoms with Crippen molar-refractivity contribution in [2.45, 2.75) is 65.1 Å². The first kappa shape index (κ1) is 22.0. The fraction of sp³-hybridized carbons (Fsp3) is 0.600. The Balaban J connectivity index is 1.52. The quantitative estimate of drug-likeness (QED) is 0.499. The zero-order valence-electron chi connectivity index (χ0n) is 18.7. The van der Waals surface area contributed by atoms with Crippen LogP contribution in [0.2, 0.25) is 0 Å². The molecule has 6 nitrogen and oxygen atoms in total. The number of rotatable bonds is 8. The normalized spacial score (nSPS) is 28.5. The largest absolute Gasteiger partial charge is 0.459 e. The summed E-state index contributed by atoms with van der Waals surface area (Å²) in [5.41, 5.74) is 3.90. The minimum absolute atomic E-state index is 0.0135. The topological polar surface area (TPSA) is 80.0 Å². The number of likely N-dealkylation sites (tertiary alicyclic amines) is 1. The Hall–Kier alpha value is -2.18. The summed E-state index contributed by atoms with van der Waals surface area (Å²) in [6.45, 7) is 4.73. The summed E-state index contributed by atoms with van der Waals surface area (Å²) < 4.78 is 11.9. The number of nitrogens with zero attached hydrogens (tertiary/aromatic N) is 1. The highest BCUT2D eigenvalue weighted by atomic mass is 16.5. The van der Waals surface area contributed by atoms with Crippen LogP contribution in [0.4, 0.5) is 0 Å². The zero-order valence-corrected chi connectivity index (χ0v) is 18.7. The van der Waals surface area contributed by atoms with Crippen molar-refractivity contribution in [3.05, 3.63) is 40.4 Å². The van der Waals surface area contributed by atoms with Gasteiger partial charge in [-0.25, -0.2) is 0 Å². The van der Waals surface area contributed by atoms with Crippen LogP contribution >= 0.6 is 0 Å². The van der Waals surface area contributed by atoms with Crippen molar-refractivity contribution >= 4 is 17.9 Å². The Morgan fingerprint density at radius 2 is 2.00 bits per heavy atom. The number of imide groups is 1. The van der Waals surface area contributed by atoms with Crippen LogP contribution < -0.4 is 0 Å². The van der Waals surface area contributed by atoms with Gasteiger partial charge in [0, 0.05) is 13.0 Å². The van der Waals surface area contributed by atoms with E-state index in [0.717, 1.165) is 37.9 Å². The fourth-order valence-electron chi connectivity index (χ4n) is 5.63. The van der Waals surface area contributed by atoms with Crippen LogP contribution in [-0.2, 0) is 20.9 Å². The third kappa shape index (κ3) is 4.03. The maximum Gasteiger partial charge on any atom is 0.233 e. The van der Waals surface area contributed by atoms with Crippen molar-refractivity contribution in [1.82, 2.24) is 4.90 Å². The predicted molar refractivity (Wildman–Crippen MR) is 117 cm³/mol. The van der Waals surface area contributed by atoms with Crippen molar-refractivity contribution in [2.24, 2.45) is 17.8 Å². The molecule has 3 aliphatic rings. The first-order valence-electron chi connectivity index (χ1n) is 11.5. The van der Waals surface area contributed by atoms with Gasteiger partial charge in [0.05, 0.1) is 24.5 Å². The Bertz CT molecular complexity index is 911. The second kappa shape index (κ2) is 9.13. The molecule has 168 valence electrons. The van der Waals surface area contributed by atoms with E-state index in [-0.39, 0.29) is 42.3 Å². The highest BCUT2D eigenvalue weighted by molar-refractivity contribution is 6.05. The zero-order chi connectivity index (χ0) is 22.1. The first-order chi connectivity index (χ1) is 15.0. The molecule has 0 saturated carbocycles. The molecule has 1 aromatic heterocycles. The van der Waals surface area contributed by atoms with Crippen LogP contribution in [0.5, 0.6) is 0 Å². The molecule has 4 atom stereocenters. The van der Waals surface area contributed by atoms with Crippen LogP contribution in [0.3, 0.4) is 0 Å². The molecular formula is C25H33NO5. The van der Waals surface area contributed by atoms with E-state index in [0.29, 0.717) is 18.8 Å². The van der Waals surface area contributed by atoms with E-state index in [2.05, 4.69) is 19.9 Å². The minimum atomic E-state index is -0.251. The molecule has 3 heterocycles. The van der Waals surface area contributed by atoms with E-state index in [1.807, 2.05) is 6.07 Å². The van der Waals surface area contributed by atoms with Gasteiger partial charge in [0.2, 0.25) is 11.8 Å². The number of aliphatic hydroxyl groups excluding tert-OH is 1. The number of furan rings is 1. The Morgan fingerprint density at radius 1 is 1.19 bits per heavy atom. The van der Waals surface area contributed by atoms with Crippen LogP contribution in [0, 0.1) is 17.8 Å². The SMILES string of the molecule is CCC/C(=C\c1ccc(CO)o1)CC[C@H]1OC[C@H]2C1=C(CC)C[C@H]1C(=O)N(C)C(=O)[C@H]12. The van der Waals surface area contributed by atoms with Gasteiger partial charge in [0.15, 0.2) is 0 Å². The highest BCUT2D eigenvalue weighted by Gasteiger charge is 2.55. The maximum absolute atomic E-state index is 12.8. The molecule has 2 saturated heterocycles. The second-order valence-corrected chi connectivity index (χ2v) is 8.97. The Labute approximate surface area is 183 Å². The summed E-state index contributed by atoms with van der Waals surface area (Å²) in [5, 5.41) is 9.23. The lowest BCUT2D eigenvalue weighted by Crippen LogP contribution is -2.33. The van der Waals surface area contributed by atoms with E-state index >= 15 is 0 Å². The van der Waals surface area contributed by atoms with Crippen molar-refractivity contribution in [3.63, 3.8) is 0 Å². The number of amides is 2. The van der Waals surface area contributed by atoms with E-state index in [1.54, 1.807) is 13.1 Å². The van der Waals surface area contributed by atoms with Gasteiger partial charge in [0.25, 0.3) is 0 Å². The molecule has 2 fully saturated rings. The molecule has 0 bridgehead atoms. The molecule has 4 rings (SSSR count). The third-order valence-electron chi connectivity index (χ3n) is 7.14. The van der Waals surface area contributed by atoms with Gasteiger partial charge < -0.3 is 14.3 Å². The summed E-state index contributed by atoms with van der Waals surface area (Å²) >= 11 is 0. The molecule has 6 heteroatoms. The van der Waals surface area contributed by atoms with E-state index in [4.69, 9.17) is 9.15 Å². The summed E-state index contributed by atoms with van der Waals surface area (Å²) in [7, 11) is 1.61. The molecule has 31 heavy (non-hydrogen) atoms. The molecule has 2 aliphatic heterocycles. The summed E-state index contributed by atoms with van der Waals surface area (Å²) in [6.07, 6.45) is 7.46. The van der Waals surface area contributed by atoms with Crippen molar-refractivity contribution in [3.8, 4) is 0 Å². The van der Waals surface area contributed by atoms with Gasteiger partial charge in [-0.2, -0.15) is 0 Å². The average molecular weight is 428 g/mol. The fourth-order valence-corrected chi connectivity index (χ4v) is 5.63. The molecule has 2 amide bonds. The smallest absolute Gasteiger partial charge is 0.233 e. The number of ether oxygens (including phenoxy) is 1. The Morgan fingerprint density at radius 3 is 2.68 bits per heavy atom. The lowest BCUT2D eigenvalue weighted by atomic mass is 9.69. The van der Waals surface area contributed by atoms with E-state index in [9.17, 15) is 14.7 Å². The standard InChI is InChI=1S/C25H33NO5/c1-4-6-15(11-17-8-9-18(13-27)31-17)7-10-21-22-16(5-2)12-19-23(20(22)14-30-21)25(29)26(3)24(19)28/h8-9,11,19-21,23,27H,4-7,10,12-14H2,1-3H3/b15-11+/t19-,20+,21-,23-/m1/s1. The summed E-state index contributed by atoms with van der Waals surface area (Å²) in [5.74, 6) is 0.843. The van der Waals surface area contributed by atoms with Crippen LogP contribution in [0.25, 0.3) is 6.08 Å². The van der Waals surface area contributed by atoms with Gasteiger partial charge in [0.1, 0.15) is 18.1 Å². The summed E-state index contributed by atoms with van der Waals surface area (Å²) in [4.78, 5) is 26.7. The average Bonchev–Trinajstić information content (AvgIpc) is 3.46. The number of fused-ring (bicyclic) bond motifs is 3. The summed E-state index contributed by atoms with van der Waals surface area (Å²) in [6, 6.07) is 3.69. The number of carbonyl (C=O) groups is 2. The van der Waals surface area contributed by atoms with Crippen molar-refractivity contribution in [2.75, 3.05) is 13.7 Å². The van der Waals surface area contributed by atoms with Gasteiger partial charge >= 0.3 is 0 Å². The minimum Gasteiger partial charge on any atom is -0.459 e. The Kier molecular flexibility index (Phi) is 6.49. The van der Waals surface area contributed by atoms with E-state index in [1.165, 1.54) is 21.6 Å². The molecule has 0 aromatic carbocycles. The number of aliphatic hydroxyl groups is 1. The number of hydrogen-bond acceptors (Lipinski definition) is 5. The number of allylic oxidation sites excluding steroid dienone is 2. The molecular weight excluding hydrogens is 394 g/mol. The van der Waals surface area contributed by atoms with Gasteiger partial charge in [-0.3, -0.25) is 14.5 Å².